The number of rotatable bonds is 3. The summed E-state index contributed by atoms with van der Waals surface area (Å²) in [6, 6.07) is 14.0. The Morgan fingerprint density at radius 3 is 2.70 bits per heavy atom. The minimum atomic E-state index is 0.229. The van der Waals surface area contributed by atoms with Crippen molar-refractivity contribution in [2.75, 3.05) is 0 Å². The van der Waals surface area contributed by atoms with Crippen LogP contribution in [0.5, 0.6) is 5.75 Å². The molecule has 2 nitrogen and oxygen atoms in total. The van der Waals surface area contributed by atoms with E-state index in [-0.39, 0.29) is 5.78 Å². The fourth-order valence-electron chi connectivity index (χ4n) is 2.53. The summed E-state index contributed by atoms with van der Waals surface area (Å²) in [5.74, 6) is 1.04. The normalized spacial score (nSPS) is 13.9. The zero-order valence-corrected chi connectivity index (χ0v) is 12.7. The van der Waals surface area contributed by atoms with Crippen LogP contribution in [0.15, 0.2) is 46.9 Å². The van der Waals surface area contributed by atoms with E-state index < -0.39 is 0 Å². The Bertz CT molecular complexity index is 635. The average molecular weight is 331 g/mol. The van der Waals surface area contributed by atoms with Crippen LogP contribution in [-0.4, -0.2) is 5.78 Å². The zero-order chi connectivity index (χ0) is 13.9. The third-order valence-electron chi connectivity index (χ3n) is 3.52. The molecule has 3 heteroatoms. The summed E-state index contributed by atoms with van der Waals surface area (Å²) in [6.45, 7) is 0.542. The maximum Gasteiger partial charge on any atom is 0.164 e. The maximum absolute atomic E-state index is 11.9. The summed E-state index contributed by atoms with van der Waals surface area (Å²) >= 11 is 3.50. The number of ketones is 1. The third-order valence-corrected chi connectivity index (χ3v) is 4.15. The van der Waals surface area contributed by atoms with E-state index in [1.165, 1.54) is 0 Å². The standard InChI is InChI=1S/C17H15BrO2/c18-15-10-14(20-11-12-5-2-1-3-6-12)9-13-7-4-8-16(19)17(13)15/h1-3,5-6,9-10H,4,7-8,11H2. The van der Waals surface area contributed by atoms with Crippen molar-refractivity contribution in [3.05, 3.63) is 63.6 Å². The van der Waals surface area contributed by atoms with Gasteiger partial charge in [0.1, 0.15) is 12.4 Å². The van der Waals surface area contributed by atoms with Gasteiger partial charge in [-0.15, -0.1) is 0 Å². The molecule has 0 saturated heterocycles. The van der Waals surface area contributed by atoms with Gasteiger partial charge in [-0.25, -0.2) is 0 Å². The summed E-state index contributed by atoms with van der Waals surface area (Å²) in [7, 11) is 0. The van der Waals surface area contributed by atoms with Crippen molar-refractivity contribution in [2.24, 2.45) is 0 Å². The lowest BCUT2D eigenvalue weighted by atomic mass is 9.90. The Balaban J connectivity index is 1.81. The topological polar surface area (TPSA) is 26.3 Å². The summed E-state index contributed by atoms with van der Waals surface area (Å²) in [5.41, 5.74) is 3.07. The predicted octanol–water partition coefficient (Wildman–Crippen LogP) is 4.55. The van der Waals surface area contributed by atoms with Crippen LogP contribution >= 0.6 is 15.9 Å². The van der Waals surface area contributed by atoms with Gasteiger partial charge in [0.2, 0.25) is 0 Å². The number of aryl methyl sites for hydroxylation is 1. The molecular weight excluding hydrogens is 316 g/mol. The molecule has 2 aromatic rings. The van der Waals surface area contributed by atoms with Gasteiger partial charge >= 0.3 is 0 Å². The van der Waals surface area contributed by atoms with Crippen LogP contribution in [0.2, 0.25) is 0 Å². The van der Waals surface area contributed by atoms with Crippen molar-refractivity contribution < 1.29 is 9.53 Å². The van der Waals surface area contributed by atoms with Crippen molar-refractivity contribution in [3.63, 3.8) is 0 Å². The highest BCUT2D eigenvalue weighted by Crippen LogP contribution is 2.32. The molecule has 0 amide bonds. The van der Waals surface area contributed by atoms with Gasteiger partial charge in [-0.2, -0.15) is 0 Å². The van der Waals surface area contributed by atoms with Gasteiger partial charge in [0, 0.05) is 16.5 Å². The fraction of sp³-hybridized carbons (Fsp3) is 0.235. The quantitative estimate of drug-likeness (QED) is 0.825. The molecule has 0 heterocycles. The molecule has 0 atom stereocenters. The second-order valence-electron chi connectivity index (χ2n) is 4.99. The van der Waals surface area contributed by atoms with Crippen molar-refractivity contribution in [1.82, 2.24) is 0 Å². The largest absolute Gasteiger partial charge is 0.489 e. The Hall–Kier alpha value is -1.61. The van der Waals surface area contributed by atoms with Crippen LogP contribution in [0.25, 0.3) is 0 Å². The molecule has 102 valence electrons. The van der Waals surface area contributed by atoms with Crippen LogP contribution in [0.1, 0.15) is 34.3 Å². The first-order valence-corrected chi connectivity index (χ1v) is 7.55. The van der Waals surface area contributed by atoms with Crippen LogP contribution in [-0.2, 0) is 13.0 Å². The van der Waals surface area contributed by atoms with Crippen molar-refractivity contribution in [3.8, 4) is 5.75 Å². The SMILES string of the molecule is O=C1CCCc2cc(OCc3ccccc3)cc(Br)c21. The molecule has 0 unspecified atom stereocenters. The number of carbonyl (C=O) groups excluding carboxylic acids is 1. The van der Waals surface area contributed by atoms with Gasteiger partial charge in [0.05, 0.1) is 0 Å². The molecule has 0 fully saturated rings. The average Bonchev–Trinajstić information content (AvgIpc) is 2.46. The third kappa shape index (κ3) is 2.78. The maximum atomic E-state index is 11.9. The van der Waals surface area contributed by atoms with E-state index in [2.05, 4.69) is 15.9 Å². The summed E-state index contributed by atoms with van der Waals surface area (Å²) in [5, 5.41) is 0. The van der Waals surface area contributed by atoms with Crippen LogP contribution in [0.3, 0.4) is 0 Å². The lowest BCUT2D eigenvalue weighted by Gasteiger charge is -2.18. The molecule has 0 N–H and O–H groups in total. The van der Waals surface area contributed by atoms with Gasteiger partial charge in [-0.1, -0.05) is 30.3 Å². The van der Waals surface area contributed by atoms with E-state index in [1.807, 2.05) is 42.5 Å². The number of ether oxygens (including phenoxy) is 1. The molecule has 0 bridgehead atoms. The van der Waals surface area contributed by atoms with Gasteiger partial charge in [0.25, 0.3) is 0 Å². The zero-order valence-electron chi connectivity index (χ0n) is 11.1. The van der Waals surface area contributed by atoms with Crippen LogP contribution < -0.4 is 4.74 Å². The predicted molar refractivity (Wildman–Crippen MR) is 82.2 cm³/mol. The smallest absolute Gasteiger partial charge is 0.164 e. The van der Waals surface area contributed by atoms with Crippen LogP contribution in [0.4, 0.5) is 0 Å². The Labute approximate surface area is 126 Å². The van der Waals surface area contributed by atoms with E-state index >= 15 is 0 Å². The molecule has 1 aliphatic rings. The van der Waals surface area contributed by atoms with Gasteiger partial charge < -0.3 is 4.74 Å². The van der Waals surface area contributed by atoms with Gasteiger partial charge in [0.15, 0.2) is 5.78 Å². The molecular formula is C17H15BrO2. The number of hydrogen-bond acceptors (Lipinski definition) is 2. The Kier molecular flexibility index (Phi) is 3.88. The highest BCUT2D eigenvalue weighted by Gasteiger charge is 2.21. The number of Topliss-reactive ketones (excluding diaryl/α,β-unsaturated/α-hetero) is 1. The van der Waals surface area contributed by atoms with Gasteiger partial charge in [-0.3, -0.25) is 4.79 Å². The number of hydrogen-bond donors (Lipinski definition) is 0. The van der Waals surface area contributed by atoms with E-state index in [1.54, 1.807) is 0 Å². The monoisotopic (exact) mass is 330 g/mol. The van der Waals surface area contributed by atoms with E-state index in [0.29, 0.717) is 13.0 Å². The van der Waals surface area contributed by atoms with Gasteiger partial charge in [-0.05, 0) is 52.0 Å². The molecule has 0 aliphatic heterocycles. The second-order valence-corrected chi connectivity index (χ2v) is 5.84. The molecule has 1 aliphatic carbocycles. The fourth-order valence-corrected chi connectivity index (χ4v) is 3.24. The molecule has 0 saturated carbocycles. The first-order valence-electron chi connectivity index (χ1n) is 6.76. The van der Waals surface area contributed by atoms with E-state index in [0.717, 1.165) is 39.8 Å². The first kappa shape index (κ1) is 13.4. The van der Waals surface area contributed by atoms with Crippen molar-refractivity contribution in [1.29, 1.82) is 0 Å². The lowest BCUT2D eigenvalue weighted by Crippen LogP contribution is -2.12. The van der Waals surface area contributed by atoms with E-state index in [9.17, 15) is 4.79 Å². The number of fused-ring (bicyclic) bond motifs is 1. The Morgan fingerprint density at radius 2 is 1.90 bits per heavy atom. The van der Waals surface area contributed by atoms with Crippen LogP contribution in [0, 0.1) is 0 Å². The minimum absolute atomic E-state index is 0.229. The number of carbonyl (C=O) groups is 1. The lowest BCUT2D eigenvalue weighted by molar-refractivity contribution is 0.0971. The summed E-state index contributed by atoms with van der Waals surface area (Å²) < 4.78 is 6.68. The number of halogens is 1. The highest BCUT2D eigenvalue weighted by atomic mass is 79.9. The molecule has 20 heavy (non-hydrogen) atoms. The number of benzene rings is 2. The second kappa shape index (κ2) is 5.80. The summed E-state index contributed by atoms with van der Waals surface area (Å²) in [4.78, 5) is 11.9. The van der Waals surface area contributed by atoms with Crippen molar-refractivity contribution in [2.45, 2.75) is 25.9 Å². The molecule has 0 aromatic heterocycles. The van der Waals surface area contributed by atoms with Crippen molar-refractivity contribution >= 4 is 21.7 Å². The molecule has 0 radical (unpaired) electrons. The molecule has 3 rings (SSSR count). The Morgan fingerprint density at radius 1 is 1.10 bits per heavy atom. The molecule has 0 spiro atoms. The summed E-state index contributed by atoms with van der Waals surface area (Å²) in [6.07, 6.45) is 2.53. The molecule has 2 aromatic carbocycles. The minimum Gasteiger partial charge on any atom is -0.489 e. The first-order chi connectivity index (χ1) is 9.74. The van der Waals surface area contributed by atoms with E-state index in [4.69, 9.17) is 4.74 Å². The highest BCUT2D eigenvalue weighted by molar-refractivity contribution is 9.10.